The number of benzene rings is 2. The van der Waals surface area contributed by atoms with Crippen LogP contribution in [0.3, 0.4) is 0 Å². The van der Waals surface area contributed by atoms with Gasteiger partial charge in [0.1, 0.15) is 10.6 Å². The fraction of sp³-hybridized carbons (Fsp3) is 0.136. The number of nitrogens with one attached hydrogen (secondary N) is 1. The van der Waals surface area contributed by atoms with Crippen LogP contribution in [-0.4, -0.2) is 36.0 Å². The summed E-state index contributed by atoms with van der Waals surface area (Å²) in [7, 11) is 0. The number of hydrogen-bond donors (Lipinski definition) is 1. The molecule has 1 N–H and O–H groups in total. The van der Waals surface area contributed by atoms with Crippen LogP contribution >= 0.6 is 34.5 Å². The molecule has 3 aromatic rings. The smallest absolute Gasteiger partial charge is 0.341 e. The molecule has 9 nitrogen and oxygen atoms in total. The number of esters is 2. The SMILES string of the molecule is CCOC(=O)c1c(-c2ccc(Cl)cc2)csc1NC(=O)COC(=O)c1cc([N+](=O)[O-])ccc1Cl. The predicted octanol–water partition coefficient (Wildman–Crippen LogP) is 5.60. The summed E-state index contributed by atoms with van der Waals surface area (Å²) < 4.78 is 10.1. The minimum atomic E-state index is -1.01. The first-order valence-electron chi connectivity index (χ1n) is 9.66. The van der Waals surface area contributed by atoms with Crippen molar-refractivity contribution in [1.29, 1.82) is 0 Å². The van der Waals surface area contributed by atoms with Crippen LogP contribution < -0.4 is 5.32 Å². The molecule has 0 unspecified atom stereocenters. The lowest BCUT2D eigenvalue weighted by Gasteiger charge is -2.10. The molecule has 1 aromatic heterocycles. The summed E-state index contributed by atoms with van der Waals surface area (Å²) in [6.07, 6.45) is 0. The fourth-order valence-corrected chi connectivity index (χ4v) is 4.15. The summed E-state index contributed by atoms with van der Waals surface area (Å²) in [5, 5.41) is 15.8. The van der Waals surface area contributed by atoms with Crippen LogP contribution in [0.1, 0.15) is 27.6 Å². The first-order chi connectivity index (χ1) is 16.2. The Hall–Kier alpha value is -3.47. The Morgan fingerprint density at radius 1 is 1.06 bits per heavy atom. The first-order valence-corrected chi connectivity index (χ1v) is 11.3. The van der Waals surface area contributed by atoms with Gasteiger partial charge in [-0.15, -0.1) is 11.3 Å². The highest BCUT2D eigenvalue weighted by Crippen LogP contribution is 2.36. The van der Waals surface area contributed by atoms with Gasteiger partial charge in [0.15, 0.2) is 6.61 Å². The zero-order chi connectivity index (χ0) is 24.8. The van der Waals surface area contributed by atoms with Crippen molar-refractivity contribution >= 4 is 63.1 Å². The molecule has 12 heteroatoms. The largest absolute Gasteiger partial charge is 0.462 e. The Morgan fingerprint density at radius 3 is 2.41 bits per heavy atom. The van der Waals surface area contributed by atoms with E-state index in [1.54, 1.807) is 36.6 Å². The van der Waals surface area contributed by atoms with Gasteiger partial charge in [0.2, 0.25) is 0 Å². The minimum absolute atomic E-state index is 0.0635. The number of thiophene rings is 1. The van der Waals surface area contributed by atoms with E-state index < -0.39 is 29.4 Å². The number of non-ortho nitro benzene ring substituents is 1. The maximum Gasteiger partial charge on any atom is 0.341 e. The fourth-order valence-electron chi connectivity index (χ4n) is 2.85. The minimum Gasteiger partial charge on any atom is -0.462 e. The zero-order valence-corrected chi connectivity index (χ0v) is 19.8. The number of nitro groups is 1. The zero-order valence-electron chi connectivity index (χ0n) is 17.5. The van der Waals surface area contributed by atoms with Crippen molar-refractivity contribution in [2.75, 3.05) is 18.5 Å². The average Bonchev–Trinajstić information content (AvgIpc) is 3.21. The summed E-state index contributed by atoms with van der Waals surface area (Å²) in [4.78, 5) is 47.5. The molecule has 176 valence electrons. The summed E-state index contributed by atoms with van der Waals surface area (Å²) in [5.41, 5.74) is 0.771. The van der Waals surface area contributed by atoms with Crippen molar-refractivity contribution in [3.8, 4) is 11.1 Å². The highest BCUT2D eigenvalue weighted by atomic mass is 35.5. The molecule has 0 aliphatic carbocycles. The normalized spacial score (nSPS) is 10.4. The second-order valence-electron chi connectivity index (χ2n) is 6.63. The van der Waals surface area contributed by atoms with Crippen molar-refractivity contribution in [3.05, 3.63) is 79.1 Å². The summed E-state index contributed by atoms with van der Waals surface area (Å²) in [5.74, 6) is -2.38. The third kappa shape index (κ3) is 5.90. The maximum atomic E-state index is 12.6. The second kappa shape index (κ2) is 11.1. The van der Waals surface area contributed by atoms with E-state index in [-0.39, 0.29) is 33.4 Å². The Bertz CT molecular complexity index is 1260. The molecule has 0 saturated carbocycles. The van der Waals surface area contributed by atoms with Crippen molar-refractivity contribution in [3.63, 3.8) is 0 Å². The topological polar surface area (TPSA) is 125 Å². The van der Waals surface area contributed by atoms with E-state index in [9.17, 15) is 24.5 Å². The standard InChI is InChI=1S/C22H16Cl2N2O7S/c1-2-32-22(29)19-16(12-3-5-13(23)6-4-12)11-34-20(19)25-18(27)10-33-21(28)15-9-14(26(30)31)7-8-17(15)24/h3-9,11H,2,10H2,1H3,(H,25,27). The number of amides is 1. The Labute approximate surface area is 207 Å². The van der Waals surface area contributed by atoms with Crippen LogP contribution in [0, 0.1) is 10.1 Å². The number of halogens is 2. The van der Waals surface area contributed by atoms with Crippen molar-refractivity contribution in [2.24, 2.45) is 0 Å². The van der Waals surface area contributed by atoms with Gasteiger partial charge in [0, 0.05) is 28.1 Å². The molecule has 0 saturated heterocycles. The molecule has 0 radical (unpaired) electrons. The number of ether oxygens (including phenoxy) is 2. The Balaban J connectivity index is 1.76. The van der Waals surface area contributed by atoms with Crippen LogP contribution in [0.4, 0.5) is 10.7 Å². The molecule has 1 amide bonds. The molecule has 0 aliphatic heterocycles. The lowest BCUT2D eigenvalue weighted by atomic mass is 10.0. The number of anilines is 1. The Morgan fingerprint density at radius 2 is 1.76 bits per heavy atom. The van der Waals surface area contributed by atoms with Gasteiger partial charge < -0.3 is 14.8 Å². The number of carbonyl (C=O) groups is 3. The lowest BCUT2D eigenvalue weighted by molar-refractivity contribution is -0.384. The third-order valence-corrected chi connectivity index (χ3v) is 5.87. The molecule has 3 rings (SSSR count). The number of nitrogens with zero attached hydrogens (tertiary/aromatic N) is 1. The van der Waals surface area contributed by atoms with Gasteiger partial charge in [-0.05, 0) is 30.7 Å². The van der Waals surface area contributed by atoms with E-state index in [1.807, 2.05) is 0 Å². The molecule has 0 fully saturated rings. The maximum absolute atomic E-state index is 12.6. The molecule has 0 bridgehead atoms. The van der Waals surface area contributed by atoms with E-state index in [4.69, 9.17) is 32.7 Å². The second-order valence-corrected chi connectivity index (χ2v) is 8.35. The van der Waals surface area contributed by atoms with E-state index in [1.165, 1.54) is 6.07 Å². The van der Waals surface area contributed by atoms with Gasteiger partial charge >= 0.3 is 11.9 Å². The van der Waals surface area contributed by atoms with E-state index in [0.717, 1.165) is 23.5 Å². The average molecular weight is 523 g/mol. The number of rotatable bonds is 8. The van der Waals surface area contributed by atoms with Gasteiger partial charge in [-0.3, -0.25) is 14.9 Å². The molecule has 1 heterocycles. The summed E-state index contributed by atoms with van der Waals surface area (Å²) >= 11 is 12.9. The van der Waals surface area contributed by atoms with Crippen molar-refractivity contribution in [1.82, 2.24) is 0 Å². The van der Waals surface area contributed by atoms with Crippen LogP contribution in [0.5, 0.6) is 0 Å². The molecule has 34 heavy (non-hydrogen) atoms. The van der Waals surface area contributed by atoms with Gasteiger partial charge in [0.05, 0.1) is 22.1 Å². The lowest BCUT2D eigenvalue weighted by Crippen LogP contribution is -2.22. The van der Waals surface area contributed by atoms with Crippen LogP contribution in [0.15, 0.2) is 47.8 Å². The van der Waals surface area contributed by atoms with Gasteiger partial charge in [0.25, 0.3) is 11.6 Å². The first kappa shape index (κ1) is 25.2. The molecule has 0 aliphatic rings. The number of carbonyl (C=O) groups excluding carboxylic acids is 3. The van der Waals surface area contributed by atoms with Crippen LogP contribution in [0.2, 0.25) is 10.0 Å². The van der Waals surface area contributed by atoms with E-state index in [2.05, 4.69) is 5.32 Å². The molecular formula is C22H16Cl2N2O7S. The van der Waals surface area contributed by atoms with E-state index in [0.29, 0.717) is 16.1 Å². The monoisotopic (exact) mass is 522 g/mol. The number of nitro benzene ring substituents is 1. The van der Waals surface area contributed by atoms with Crippen molar-refractivity contribution < 1.29 is 28.8 Å². The van der Waals surface area contributed by atoms with Crippen LogP contribution in [-0.2, 0) is 14.3 Å². The van der Waals surface area contributed by atoms with Gasteiger partial charge in [-0.1, -0.05) is 35.3 Å². The highest BCUT2D eigenvalue weighted by molar-refractivity contribution is 7.15. The van der Waals surface area contributed by atoms with Gasteiger partial charge in [-0.25, -0.2) is 9.59 Å². The molecular weight excluding hydrogens is 507 g/mol. The summed E-state index contributed by atoms with van der Waals surface area (Å²) in [6.45, 7) is 1.07. The highest BCUT2D eigenvalue weighted by Gasteiger charge is 2.24. The van der Waals surface area contributed by atoms with Crippen molar-refractivity contribution in [2.45, 2.75) is 6.92 Å². The predicted molar refractivity (Wildman–Crippen MR) is 128 cm³/mol. The summed E-state index contributed by atoms with van der Waals surface area (Å²) in [6, 6.07) is 10.1. The Kier molecular flexibility index (Phi) is 8.21. The van der Waals surface area contributed by atoms with Gasteiger partial charge in [-0.2, -0.15) is 0 Å². The van der Waals surface area contributed by atoms with E-state index >= 15 is 0 Å². The molecule has 2 aromatic carbocycles. The molecule has 0 spiro atoms. The van der Waals surface area contributed by atoms with Crippen LogP contribution in [0.25, 0.3) is 11.1 Å². The number of hydrogen-bond acceptors (Lipinski definition) is 8. The third-order valence-electron chi connectivity index (χ3n) is 4.39. The quantitative estimate of drug-likeness (QED) is 0.231. The molecule has 0 atom stereocenters.